The van der Waals surface area contributed by atoms with E-state index in [-0.39, 0.29) is 17.9 Å². The third kappa shape index (κ3) is 7.33. The number of carbonyl (C=O) groups excluding carboxylic acids is 4. The number of anilines is 1. The fourth-order valence-electron chi connectivity index (χ4n) is 2.04. The molecule has 1 atom stereocenters. The lowest BCUT2D eigenvalue weighted by atomic mass is 10.1. The zero-order valence-corrected chi connectivity index (χ0v) is 15.5. The Kier molecular flexibility index (Phi) is 7.30. The number of hydrogen-bond acceptors (Lipinski definition) is 6. The summed E-state index contributed by atoms with van der Waals surface area (Å²) >= 11 is 0. The van der Waals surface area contributed by atoms with Crippen molar-refractivity contribution in [3.63, 3.8) is 0 Å². The van der Waals surface area contributed by atoms with Crippen LogP contribution >= 0.6 is 0 Å². The number of rotatable bonds is 6. The molecule has 142 valence electrons. The van der Waals surface area contributed by atoms with Crippen molar-refractivity contribution in [1.82, 2.24) is 5.32 Å². The van der Waals surface area contributed by atoms with Gasteiger partial charge < -0.3 is 20.1 Å². The second-order valence-electron chi connectivity index (χ2n) is 6.60. The SMILES string of the molecule is COC(=O)[C@H](CC(=O)OC(C)(C)C)NC(=O)c1ccc(NC(C)=O)cc1. The Bertz CT molecular complexity index is 676. The van der Waals surface area contributed by atoms with Crippen molar-refractivity contribution in [1.29, 1.82) is 0 Å². The molecule has 0 aliphatic carbocycles. The lowest BCUT2D eigenvalue weighted by Crippen LogP contribution is -2.43. The minimum atomic E-state index is -1.17. The average Bonchev–Trinajstić information content (AvgIpc) is 2.51. The lowest BCUT2D eigenvalue weighted by Gasteiger charge is -2.22. The van der Waals surface area contributed by atoms with Crippen LogP contribution in [-0.4, -0.2) is 42.5 Å². The molecule has 0 aromatic heterocycles. The molecular formula is C18H24N2O6. The number of hydrogen-bond donors (Lipinski definition) is 2. The van der Waals surface area contributed by atoms with E-state index in [9.17, 15) is 19.2 Å². The van der Waals surface area contributed by atoms with Gasteiger partial charge in [-0.15, -0.1) is 0 Å². The van der Waals surface area contributed by atoms with Crippen molar-refractivity contribution < 1.29 is 28.7 Å². The molecule has 0 unspecified atom stereocenters. The average molecular weight is 364 g/mol. The molecule has 0 aliphatic rings. The summed E-state index contributed by atoms with van der Waals surface area (Å²) in [5.74, 6) is -2.17. The van der Waals surface area contributed by atoms with Crippen LogP contribution in [0.5, 0.6) is 0 Å². The first kappa shape index (κ1) is 21.1. The highest BCUT2D eigenvalue weighted by atomic mass is 16.6. The first-order valence-electron chi connectivity index (χ1n) is 8.00. The van der Waals surface area contributed by atoms with Crippen LogP contribution in [0.2, 0.25) is 0 Å². The second-order valence-corrected chi connectivity index (χ2v) is 6.60. The molecule has 2 N–H and O–H groups in total. The number of ether oxygens (including phenoxy) is 2. The maximum atomic E-state index is 12.3. The summed E-state index contributed by atoms with van der Waals surface area (Å²) < 4.78 is 9.80. The summed E-state index contributed by atoms with van der Waals surface area (Å²) in [5, 5.41) is 5.04. The Hall–Kier alpha value is -2.90. The molecular weight excluding hydrogens is 340 g/mol. The molecule has 8 nitrogen and oxygen atoms in total. The third-order valence-electron chi connectivity index (χ3n) is 3.05. The first-order valence-corrected chi connectivity index (χ1v) is 8.00. The van der Waals surface area contributed by atoms with Gasteiger partial charge in [0.15, 0.2) is 0 Å². The molecule has 0 heterocycles. The van der Waals surface area contributed by atoms with Crippen molar-refractivity contribution in [2.45, 2.75) is 45.8 Å². The van der Waals surface area contributed by atoms with Crippen LogP contribution in [0.4, 0.5) is 5.69 Å². The number of benzene rings is 1. The van der Waals surface area contributed by atoms with Gasteiger partial charge in [-0.1, -0.05) is 0 Å². The highest BCUT2D eigenvalue weighted by Gasteiger charge is 2.28. The summed E-state index contributed by atoms with van der Waals surface area (Å²) in [6.07, 6.45) is -0.348. The topological polar surface area (TPSA) is 111 Å². The normalized spacial score (nSPS) is 11.9. The Labute approximate surface area is 152 Å². The summed E-state index contributed by atoms with van der Waals surface area (Å²) in [6, 6.07) is 4.91. The van der Waals surface area contributed by atoms with Crippen LogP contribution in [0.3, 0.4) is 0 Å². The molecule has 0 fully saturated rings. The molecule has 1 aromatic rings. The maximum absolute atomic E-state index is 12.3. The van der Waals surface area contributed by atoms with Gasteiger partial charge in [0, 0.05) is 18.2 Å². The summed E-state index contributed by atoms with van der Waals surface area (Å²) in [7, 11) is 1.17. The third-order valence-corrected chi connectivity index (χ3v) is 3.05. The van der Waals surface area contributed by atoms with Gasteiger partial charge in [0.05, 0.1) is 13.5 Å². The van der Waals surface area contributed by atoms with Crippen molar-refractivity contribution in [2.75, 3.05) is 12.4 Å². The maximum Gasteiger partial charge on any atom is 0.328 e. The summed E-state index contributed by atoms with van der Waals surface area (Å²) in [5.41, 5.74) is 0.0888. The predicted octanol–water partition coefficient (Wildman–Crippen LogP) is 1.65. The van der Waals surface area contributed by atoms with Gasteiger partial charge in [0.1, 0.15) is 11.6 Å². The van der Waals surface area contributed by atoms with Gasteiger partial charge >= 0.3 is 11.9 Å². The minimum absolute atomic E-state index is 0.231. The molecule has 1 rings (SSSR count). The van der Waals surface area contributed by atoms with E-state index >= 15 is 0 Å². The number of methoxy groups -OCH3 is 1. The smallest absolute Gasteiger partial charge is 0.328 e. The van der Waals surface area contributed by atoms with E-state index in [2.05, 4.69) is 15.4 Å². The molecule has 0 saturated heterocycles. The molecule has 0 aliphatic heterocycles. The molecule has 26 heavy (non-hydrogen) atoms. The van der Waals surface area contributed by atoms with E-state index in [0.29, 0.717) is 5.69 Å². The fraction of sp³-hybridized carbons (Fsp3) is 0.444. The number of amides is 2. The van der Waals surface area contributed by atoms with Crippen molar-refractivity contribution in [2.24, 2.45) is 0 Å². The number of esters is 2. The second kappa shape index (κ2) is 8.98. The van der Waals surface area contributed by atoms with Crippen LogP contribution in [0.15, 0.2) is 24.3 Å². The Morgan fingerprint density at radius 2 is 1.65 bits per heavy atom. The van der Waals surface area contributed by atoms with Crippen molar-refractivity contribution in [3.8, 4) is 0 Å². The van der Waals surface area contributed by atoms with Crippen molar-refractivity contribution >= 4 is 29.4 Å². The number of carbonyl (C=O) groups is 4. The van der Waals surface area contributed by atoms with Gasteiger partial charge in [-0.3, -0.25) is 14.4 Å². The monoisotopic (exact) mass is 364 g/mol. The van der Waals surface area contributed by atoms with E-state index in [4.69, 9.17) is 4.74 Å². The predicted molar refractivity (Wildman–Crippen MR) is 94.5 cm³/mol. The molecule has 0 spiro atoms. The Morgan fingerprint density at radius 1 is 1.08 bits per heavy atom. The molecule has 2 amide bonds. The molecule has 0 bridgehead atoms. The number of nitrogens with one attached hydrogen (secondary N) is 2. The molecule has 0 radical (unpaired) electrons. The standard InChI is InChI=1S/C18H24N2O6/c1-11(21)19-13-8-6-12(7-9-13)16(23)20-14(17(24)25-5)10-15(22)26-18(2,3)4/h6-9,14H,10H2,1-5H3,(H,19,21)(H,20,23)/t14-/m0/s1. The van der Waals surface area contributed by atoms with Crippen LogP contribution in [0.1, 0.15) is 44.5 Å². The van der Waals surface area contributed by atoms with E-state index in [0.717, 1.165) is 0 Å². The molecule has 0 saturated carbocycles. The fourth-order valence-corrected chi connectivity index (χ4v) is 2.04. The lowest BCUT2D eigenvalue weighted by molar-refractivity contribution is -0.158. The highest BCUT2D eigenvalue weighted by Crippen LogP contribution is 2.12. The zero-order valence-electron chi connectivity index (χ0n) is 15.5. The first-order chi connectivity index (χ1) is 12.0. The quantitative estimate of drug-likeness (QED) is 0.743. The van der Waals surface area contributed by atoms with E-state index in [1.807, 2.05) is 0 Å². The summed E-state index contributed by atoms with van der Waals surface area (Å²) in [6.45, 7) is 6.48. The van der Waals surface area contributed by atoms with E-state index in [1.165, 1.54) is 26.2 Å². The van der Waals surface area contributed by atoms with E-state index < -0.39 is 29.5 Å². The van der Waals surface area contributed by atoms with E-state index in [1.54, 1.807) is 32.9 Å². The van der Waals surface area contributed by atoms with Crippen LogP contribution in [0.25, 0.3) is 0 Å². The van der Waals surface area contributed by atoms with Gasteiger partial charge in [0.25, 0.3) is 5.91 Å². The van der Waals surface area contributed by atoms with Gasteiger partial charge in [0.2, 0.25) is 5.91 Å². The minimum Gasteiger partial charge on any atom is -0.467 e. The van der Waals surface area contributed by atoms with Crippen molar-refractivity contribution in [3.05, 3.63) is 29.8 Å². The Balaban J connectivity index is 2.80. The van der Waals surface area contributed by atoms with Gasteiger partial charge in [-0.2, -0.15) is 0 Å². The van der Waals surface area contributed by atoms with Crippen LogP contribution < -0.4 is 10.6 Å². The molecule has 8 heteroatoms. The van der Waals surface area contributed by atoms with Crippen LogP contribution in [0, 0.1) is 0 Å². The zero-order chi connectivity index (χ0) is 19.9. The Morgan fingerprint density at radius 3 is 2.12 bits per heavy atom. The molecule has 1 aromatic carbocycles. The van der Waals surface area contributed by atoms with Gasteiger partial charge in [-0.25, -0.2) is 4.79 Å². The van der Waals surface area contributed by atoms with Gasteiger partial charge in [-0.05, 0) is 45.0 Å². The summed E-state index contributed by atoms with van der Waals surface area (Å²) in [4.78, 5) is 47.1. The largest absolute Gasteiger partial charge is 0.467 e. The van der Waals surface area contributed by atoms with Crippen LogP contribution in [-0.2, 0) is 23.9 Å². The highest BCUT2D eigenvalue weighted by molar-refractivity contribution is 5.98.